The molecule has 2 aromatic rings. The summed E-state index contributed by atoms with van der Waals surface area (Å²) in [4.78, 5) is 8.41. The van der Waals surface area contributed by atoms with E-state index in [9.17, 15) is 0 Å². The Bertz CT molecular complexity index is 551. The standard InChI is InChI=1S/C14H19N5O/c15-12-3-4-13(17-6-8-19-7-5-16-10-19)18-14(12)20-9-11-1-2-11/h3-5,7,10-11H,1-2,6,8-9,15H2,(H,17,18). The second kappa shape index (κ2) is 5.81. The summed E-state index contributed by atoms with van der Waals surface area (Å²) in [6.07, 6.45) is 8.00. The number of hydrogen-bond acceptors (Lipinski definition) is 5. The number of nitrogens with zero attached hydrogens (tertiary/aromatic N) is 3. The van der Waals surface area contributed by atoms with Gasteiger partial charge in [-0.3, -0.25) is 0 Å². The van der Waals surface area contributed by atoms with Gasteiger partial charge in [-0.25, -0.2) is 4.98 Å². The predicted octanol–water partition coefficient (Wildman–Crippen LogP) is 1.76. The second-order valence-corrected chi connectivity index (χ2v) is 5.07. The van der Waals surface area contributed by atoms with Gasteiger partial charge in [0.2, 0.25) is 5.88 Å². The number of nitrogens with one attached hydrogen (secondary N) is 1. The lowest BCUT2D eigenvalue weighted by Crippen LogP contribution is -2.11. The Hall–Kier alpha value is -2.24. The van der Waals surface area contributed by atoms with Crippen LogP contribution in [0.15, 0.2) is 30.9 Å². The predicted molar refractivity (Wildman–Crippen MR) is 77.6 cm³/mol. The van der Waals surface area contributed by atoms with Gasteiger partial charge in [-0.15, -0.1) is 0 Å². The van der Waals surface area contributed by atoms with E-state index in [1.54, 1.807) is 12.5 Å². The first-order valence-electron chi connectivity index (χ1n) is 6.90. The van der Waals surface area contributed by atoms with Crippen molar-refractivity contribution in [2.75, 3.05) is 24.2 Å². The molecule has 2 aromatic heterocycles. The largest absolute Gasteiger partial charge is 0.476 e. The van der Waals surface area contributed by atoms with Gasteiger partial charge in [0.05, 0.1) is 18.6 Å². The Morgan fingerprint density at radius 3 is 3.05 bits per heavy atom. The zero-order chi connectivity index (χ0) is 13.8. The van der Waals surface area contributed by atoms with Gasteiger partial charge in [-0.1, -0.05) is 0 Å². The van der Waals surface area contributed by atoms with Gasteiger partial charge in [0.25, 0.3) is 0 Å². The van der Waals surface area contributed by atoms with Crippen LogP contribution in [0, 0.1) is 5.92 Å². The maximum absolute atomic E-state index is 5.87. The molecule has 1 fully saturated rings. The van der Waals surface area contributed by atoms with Gasteiger partial charge in [-0.05, 0) is 30.9 Å². The van der Waals surface area contributed by atoms with E-state index in [1.165, 1.54) is 12.8 Å². The Kier molecular flexibility index (Phi) is 3.71. The molecule has 6 heteroatoms. The van der Waals surface area contributed by atoms with Crippen molar-refractivity contribution in [3.63, 3.8) is 0 Å². The van der Waals surface area contributed by atoms with Crippen molar-refractivity contribution in [3.8, 4) is 5.88 Å². The SMILES string of the molecule is Nc1ccc(NCCn2ccnc2)nc1OCC1CC1. The minimum Gasteiger partial charge on any atom is -0.476 e. The van der Waals surface area contributed by atoms with E-state index in [0.29, 0.717) is 17.5 Å². The lowest BCUT2D eigenvalue weighted by atomic mass is 10.4. The number of anilines is 2. The molecule has 0 unspecified atom stereocenters. The molecule has 2 heterocycles. The first-order chi connectivity index (χ1) is 9.81. The van der Waals surface area contributed by atoms with E-state index in [1.807, 2.05) is 22.9 Å². The third-order valence-corrected chi connectivity index (χ3v) is 3.28. The fourth-order valence-corrected chi connectivity index (χ4v) is 1.88. The zero-order valence-corrected chi connectivity index (χ0v) is 11.3. The summed E-state index contributed by atoms with van der Waals surface area (Å²) < 4.78 is 7.67. The van der Waals surface area contributed by atoms with Gasteiger partial charge in [0.15, 0.2) is 0 Å². The molecule has 0 amide bonds. The fourth-order valence-electron chi connectivity index (χ4n) is 1.88. The monoisotopic (exact) mass is 273 g/mol. The zero-order valence-electron chi connectivity index (χ0n) is 11.3. The van der Waals surface area contributed by atoms with Crippen LogP contribution in [0.4, 0.5) is 11.5 Å². The van der Waals surface area contributed by atoms with Crippen LogP contribution in [0.1, 0.15) is 12.8 Å². The average molecular weight is 273 g/mol. The number of nitrogens with two attached hydrogens (primary N) is 1. The molecule has 0 bridgehead atoms. The van der Waals surface area contributed by atoms with Gasteiger partial charge >= 0.3 is 0 Å². The van der Waals surface area contributed by atoms with Crippen LogP contribution in [0.2, 0.25) is 0 Å². The number of pyridine rings is 1. The number of imidazole rings is 1. The highest BCUT2D eigenvalue weighted by Crippen LogP contribution is 2.30. The number of hydrogen-bond donors (Lipinski definition) is 2. The lowest BCUT2D eigenvalue weighted by molar-refractivity contribution is 0.290. The van der Waals surface area contributed by atoms with Crippen molar-refractivity contribution >= 4 is 11.5 Å². The summed E-state index contributed by atoms with van der Waals surface area (Å²) in [5.74, 6) is 2.00. The topological polar surface area (TPSA) is 78.0 Å². The lowest BCUT2D eigenvalue weighted by Gasteiger charge is -2.10. The molecule has 106 valence electrons. The first-order valence-corrected chi connectivity index (χ1v) is 6.90. The van der Waals surface area contributed by atoms with Crippen molar-refractivity contribution in [3.05, 3.63) is 30.9 Å². The molecular weight excluding hydrogens is 254 g/mol. The average Bonchev–Trinajstić information content (AvgIpc) is 3.14. The molecule has 20 heavy (non-hydrogen) atoms. The molecule has 0 saturated heterocycles. The summed E-state index contributed by atoms with van der Waals surface area (Å²) in [5.41, 5.74) is 6.46. The van der Waals surface area contributed by atoms with Crippen LogP contribution in [-0.2, 0) is 6.54 Å². The molecule has 0 radical (unpaired) electrons. The summed E-state index contributed by atoms with van der Waals surface area (Å²) in [6.45, 7) is 2.33. The molecule has 0 aromatic carbocycles. The van der Waals surface area contributed by atoms with E-state index in [-0.39, 0.29) is 0 Å². The van der Waals surface area contributed by atoms with Crippen LogP contribution in [0.3, 0.4) is 0 Å². The molecule has 6 nitrogen and oxygen atoms in total. The van der Waals surface area contributed by atoms with E-state index in [4.69, 9.17) is 10.5 Å². The molecule has 1 saturated carbocycles. The maximum atomic E-state index is 5.87. The summed E-state index contributed by atoms with van der Waals surface area (Å²) in [6, 6.07) is 3.70. The van der Waals surface area contributed by atoms with Crippen molar-refractivity contribution in [2.24, 2.45) is 5.92 Å². The molecule has 3 N–H and O–H groups in total. The summed E-state index contributed by atoms with van der Waals surface area (Å²) >= 11 is 0. The Morgan fingerprint density at radius 2 is 2.30 bits per heavy atom. The van der Waals surface area contributed by atoms with Crippen molar-refractivity contribution in [1.82, 2.24) is 14.5 Å². The van der Waals surface area contributed by atoms with Crippen molar-refractivity contribution in [1.29, 1.82) is 0 Å². The first kappa shape index (κ1) is 12.8. The molecule has 0 aliphatic heterocycles. The Labute approximate surface area is 118 Å². The second-order valence-electron chi connectivity index (χ2n) is 5.07. The quantitative estimate of drug-likeness (QED) is 0.803. The van der Waals surface area contributed by atoms with E-state index < -0.39 is 0 Å². The highest BCUT2D eigenvalue weighted by atomic mass is 16.5. The maximum Gasteiger partial charge on any atom is 0.239 e. The normalized spacial score (nSPS) is 14.2. The minimum absolute atomic E-state index is 0.532. The van der Waals surface area contributed by atoms with Crippen LogP contribution >= 0.6 is 0 Å². The van der Waals surface area contributed by atoms with Crippen LogP contribution in [-0.4, -0.2) is 27.7 Å². The third kappa shape index (κ3) is 3.40. The van der Waals surface area contributed by atoms with Crippen LogP contribution in [0.25, 0.3) is 0 Å². The molecule has 0 spiro atoms. The highest BCUT2D eigenvalue weighted by molar-refractivity contribution is 5.53. The van der Waals surface area contributed by atoms with Crippen molar-refractivity contribution in [2.45, 2.75) is 19.4 Å². The molecule has 3 rings (SSSR count). The summed E-state index contributed by atoms with van der Waals surface area (Å²) in [5, 5.41) is 3.26. The van der Waals surface area contributed by atoms with Gasteiger partial charge in [0, 0.05) is 25.5 Å². The number of nitrogen functional groups attached to an aromatic ring is 1. The molecule has 1 aliphatic rings. The molecule has 0 atom stereocenters. The van der Waals surface area contributed by atoms with Gasteiger partial charge in [0.1, 0.15) is 5.82 Å². The minimum atomic E-state index is 0.532. The Balaban J connectivity index is 1.53. The van der Waals surface area contributed by atoms with Crippen molar-refractivity contribution < 1.29 is 4.74 Å². The van der Waals surface area contributed by atoms with Gasteiger partial charge in [-0.2, -0.15) is 4.98 Å². The van der Waals surface area contributed by atoms with Gasteiger partial charge < -0.3 is 20.4 Å². The van der Waals surface area contributed by atoms with Crippen LogP contribution < -0.4 is 15.8 Å². The molecule has 1 aliphatic carbocycles. The fraction of sp³-hybridized carbons (Fsp3) is 0.429. The number of rotatable bonds is 7. The summed E-state index contributed by atoms with van der Waals surface area (Å²) in [7, 11) is 0. The number of ether oxygens (including phenoxy) is 1. The van der Waals surface area contributed by atoms with E-state index in [0.717, 1.165) is 25.5 Å². The van der Waals surface area contributed by atoms with Crippen LogP contribution in [0.5, 0.6) is 5.88 Å². The van der Waals surface area contributed by atoms with E-state index >= 15 is 0 Å². The smallest absolute Gasteiger partial charge is 0.239 e. The highest BCUT2D eigenvalue weighted by Gasteiger charge is 2.22. The number of aromatic nitrogens is 3. The third-order valence-electron chi connectivity index (χ3n) is 3.28. The van der Waals surface area contributed by atoms with E-state index in [2.05, 4.69) is 15.3 Å². The Morgan fingerprint density at radius 1 is 1.40 bits per heavy atom. The molecular formula is C14H19N5O.